The van der Waals surface area contributed by atoms with E-state index in [0.29, 0.717) is 16.8 Å². The van der Waals surface area contributed by atoms with E-state index in [1.165, 1.54) is 27.8 Å². The lowest BCUT2D eigenvalue weighted by Gasteiger charge is -2.20. The van der Waals surface area contributed by atoms with E-state index in [9.17, 15) is 4.79 Å². The average Bonchev–Trinajstić information content (AvgIpc) is 2.75. The molecule has 0 heterocycles. The normalized spacial score (nSPS) is 10.5. The van der Waals surface area contributed by atoms with Crippen LogP contribution >= 0.6 is 0 Å². The maximum absolute atomic E-state index is 13.2. The summed E-state index contributed by atoms with van der Waals surface area (Å²) >= 11 is 0. The van der Waals surface area contributed by atoms with Gasteiger partial charge in [0.2, 0.25) is 0 Å². The van der Waals surface area contributed by atoms with E-state index < -0.39 is 0 Å². The summed E-state index contributed by atoms with van der Waals surface area (Å²) in [6.45, 7) is 14.6. The molecule has 158 valence electrons. The van der Waals surface area contributed by atoms with Gasteiger partial charge in [0.05, 0.1) is 0 Å². The smallest absolute Gasteiger partial charge is 0.193 e. The molecule has 3 aromatic carbocycles. The molecule has 0 atom stereocenters. The van der Waals surface area contributed by atoms with E-state index in [0.717, 1.165) is 22.5 Å². The molecule has 0 unspecified atom stereocenters. The topological polar surface area (TPSA) is 77.9 Å². The summed E-state index contributed by atoms with van der Waals surface area (Å²) in [5.74, 6) is -0.0778. The average molecular weight is 413 g/mol. The van der Waals surface area contributed by atoms with Crippen molar-refractivity contribution in [3.8, 4) is 0 Å². The van der Waals surface area contributed by atoms with Crippen molar-refractivity contribution in [3.05, 3.63) is 96.9 Å². The summed E-state index contributed by atoms with van der Waals surface area (Å²) < 4.78 is 0. The molecule has 0 saturated heterocycles. The quantitative estimate of drug-likeness (QED) is 0.201. The molecule has 0 bridgehead atoms. The summed E-state index contributed by atoms with van der Waals surface area (Å²) in [7, 11) is 0. The Hall–Kier alpha value is -3.56. The van der Waals surface area contributed by atoms with Gasteiger partial charge in [-0.25, -0.2) is 0 Å². The number of carbonyl (C=O) groups excluding carboxylic acids is 1. The molecule has 0 saturated carbocycles. The summed E-state index contributed by atoms with van der Waals surface area (Å²) in [5.41, 5.74) is 20.5. The van der Waals surface area contributed by atoms with Crippen LogP contribution < -0.4 is 5.32 Å². The lowest BCUT2D eigenvalue weighted by atomic mass is 9.92. The van der Waals surface area contributed by atoms with Gasteiger partial charge in [-0.15, -0.1) is 0 Å². The van der Waals surface area contributed by atoms with Crippen molar-refractivity contribution in [2.24, 2.45) is 5.11 Å². The van der Waals surface area contributed by atoms with Crippen molar-refractivity contribution in [2.45, 2.75) is 48.5 Å². The number of azide groups is 1. The number of anilines is 2. The zero-order valence-corrected chi connectivity index (χ0v) is 19.2. The molecule has 0 amide bonds. The molecule has 3 rings (SSSR count). The maximum atomic E-state index is 13.2. The fourth-order valence-electron chi connectivity index (χ4n) is 3.94. The van der Waals surface area contributed by atoms with Crippen LogP contribution in [0.4, 0.5) is 17.1 Å². The lowest BCUT2D eigenvalue weighted by Crippen LogP contribution is -2.07. The second-order valence-corrected chi connectivity index (χ2v) is 8.17. The standard InChI is InChI=1S/C26H28N4O/c1-14-8-9-22(29-30-27)13-24(14)26(31)23-11-10-21(12-15(23)2)28-25-19(6)17(4)16(3)18(5)20(25)7/h8-13,28H,1-7H3. The van der Waals surface area contributed by atoms with Gasteiger partial charge in [0.25, 0.3) is 0 Å². The van der Waals surface area contributed by atoms with Crippen LogP contribution in [0, 0.1) is 48.5 Å². The number of rotatable bonds is 5. The van der Waals surface area contributed by atoms with Crippen LogP contribution in [0.25, 0.3) is 10.4 Å². The zero-order chi connectivity index (χ0) is 22.9. The van der Waals surface area contributed by atoms with Crippen LogP contribution in [0.5, 0.6) is 0 Å². The number of hydrogen-bond donors (Lipinski definition) is 1. The molecule has 1 N–H and O–H groups in total. The Morgan fingerprint density at radius 1 is 0.774 bits per heavy atom. The third-order valence-electron chi connectivity index (χ3n) is 6.37. The first-order chi connectivity index (χ1) is 14.6. The van der Waals surface area contributed by atoms with E-state index >= 15 is 0 Å². The van der Waals surface area contributed by atoms with Crippen molar-refractivity contribution in [1.29, 1.82) is 0 Å². The molecular formula is C26H28N4O. The van der Waals surface area contributed by atoms with Crippen molar-refractivity contribution < 1.29 is 4.79 Å². The van der Waals surface area contributed by atoms with Gasteiger partial charge in [0, 0.05) is 33.1 Å². The van der Waals surface area contributed by atoms with Gasteiger partial charge in [-0.1, -0.05) is 17.2 Å². The summed E-state index contributed by atoms with van der Waals surface area (Å²) in [5, 5.41) is 7.19. The number of aryl methyl sites for hydroxylation is 2. The molecule has 0 aliphatic carbocycles. The fourth-order valence-corrected chi connectivity index (χ4v) is 3.94. The molecule has 0 spiro atoms. The summed E-state index contributed by atoms with van der Waals surface area (Å²) in [6, 6.07) is 11.0. The van der Waals surface area contributed by atoms with Crippen molar-refractivity contribution >= 4 is 22.8 Å². The SMILES string of the molecule is Cc1cc(Nc2c(C)c(C)c(C)c(C)c2C)ccc1C(=O)c1cc(N=[N+]=[N-])ccc1C. The van der Waals surface area contributed by atoms with Gasteiger partial charge in [-0.3, -0.25) is 4.79 Å². The minimum atomic E-state index is -0.0778. The molecular weight excluding hydrogens is 384 g/mol. The minimum absolute atomic E-state index is 0.0778. The van der Waals surface area contributed by atoms with Crippen LogP contribution in [0.15, 0.2) is 41.5 Å². The number of benzene rings is 3. The van der Waals surface area contributed by atoms with Crippen LogP contribution in [-0.4, -0.2) is 5.78 Å². The number of nitrogens with one attached hydrogen (secondary N) is 1. The number of ketones is 1. The fraction of sp³-hybridized carbons (Fsp3) is 0.269. The van der Waals surface area contributed by atoms with Crippen LogP contribution in [0.2, 0.25) is 0 Å². The number of carbonyl (C=O) groups is 1. The summed E-state index contributed by atoms with van der Waals surface area (Å²) in [6.07, 6.45) is 0. The van der Waals surface area contributed by atoms with E-state index in [-0.39, 0.29) is 5.78 Å². The third kappa shape index (κ3) is 4.18. The van der Waals surface area contributed by atoms with Gasteiger partial charge in [0.15, 0.2) is 5.78 Å². The monoisotopic (exact) mass is 412 g/mol. The van der Waals surface area contributed by atoms with Crippen molar-refractivity contribution in [1.82, 2.24) is 0 Å². The molecule has 0 aromatic heterocycles. The Balaban J connectivity index is 1.98. The van der Waals surface area contributed by atoms with E-state index in [1.54, 1.807) is 18.2 Å². The highest BCUT2D eigenvalue weighted by Crippen LogP contribution is 2.33. The first-order valence-corrected chi connectivity index (χ1v) is 10.3. The molecule has 5 heteroatoms. The molecule has 3 aromatic rings. The van der Waals surface area contributed by atoms with Crippen molar-refractivity contribution in [3.63, 3.8) is 0 Å². The highest BCUT2D eigenvalue weighted by Gasteiger charge is 2.16. The molecule has 0 aliphatic rings. The third-order valence-corrected chi connectivity index (χ3v) is 6.37. The molecule has 5 nitrogen and oxygen atoms in total. The predicted octanol–water partition coefficient (Wildman–Crippen LogP) is 7.76. The highest BCUT2D eigenvalue weighted by molar-refractivity contribution is 6.11. The Morgan fingerprint density at radius 3 is 1.97 bits per heavy atom. The Morgan fingerprint density at radius 2 is 1.39 bits per heavy atom. The number of hydrogen-bond acceptors (Lipinski definition) is 3. The Labute approximate surface area is 183 Å². The van der Waals surface area contributed by atoms with Crippen LogP contribution in [-0.2, 0) is 0 Å². The second-order valence-electron chi connectivity index (χ2n) is 8.17. The van der Waals surface area contributed by atoms with Gasteiger partial charge >= 0.3 is 0 Å². The molecule has 0 aliphatic heterocycles. The molecule has 0 radical (unpaired) electrons. The predicted molar refractivity (Wildman–Crippen MR) is 128 cm³/mol. The maximum Gasteiger partial charge on any atom is 0.193 e. The molecule has 0 fully saturated rings. The lowest BCUT2D eigenvalue weighted by molar-refractivity contribution is 0.103. The van der Waals surface area contributed by atoms with Gasteiger partial charge < -0.3 is 5.32 Å². The highest BCUT2D eigenvalue weighted by atomic mass is 16.1. The first kappa shape index (κ1) is 22.1. The Bertz CT molecular complexity index is 1220. The number of nitrogens with zero attached hydrogens (tertiary/aromatic N) is 3. The second kappa shape index (κ2) is 8.66. The van der Waals surface area contributed by atoms with Gasteiger partial charge in [0.1, 0.15) is 0 Å². The van der Waals surface area contributed by atoms with Crippen LogP contribution in [0.3, 0.4) is 0 Å². The van der Waals surface area contributed by atoms with E-state index in [2.05, 4.69) is 50.0 Å². The van der Waals surface area contributed by atoms with Gasteiger partial charge in [-0.2, -0.15) is 0 Å². The van der Waals surface area contributed by atoms with E-state index in [1.807, 2.05) is 32.0 Å². The Kier molecular flexibility index (Phi) is 6.19. The molecule has 31 heavy (non-hydrogen) atoms. The minimum Gasteiger partial charge on any atom is -0.355 e. The first-order valence-electron chi connectivity index (χ1n) is 10.3. The summed E-state index contributed by atoms with van der Waals surface area (Å²) in [4.78, 5) is 16.0. The largest absolute Gasteiger partial charge is 0.355 e. The van der Waals surface area contributed by atoms with Gasteiger partial charge in [-0.05, 0) is 117 Å². The van der Waals surface area contributed by atoms with Crippen LogP contribution in [0.1, 0.15) is 54.9 Å². The van der Waals surface area contributed by atoms with E-state index in [4.69, 9.17) is 5.53 Å². The zero-order valence-electron chi connectivity index (χ0n) is 19.2. The van der Waals surface area contributed by atoms with Crippen molar-refractivity contribution in [2.75, 3.05) is 5.32 Å².